The first-order chi connectivity index (χ1) is 10.6. The van der Waals surface area contributed by atoms with Crippen molar-refractivity contribution in [1.29, 1.82) is 0 Å². The normalized spacial score (nSPS) is 11.0. The van der Waals surface area contributed by atoms with Gasteiger partial charge in [-0.3, -0.25) is 4.68 Å². The summed E-state index contributed by atoms with van der Waals surface area (Å²) in [6, 6.07) is 7.12. The number of carbonyl (C=O) groups excluding carboxylic acids is 1. The quantitative estimate of drug-likeness (QED) is 0.530. The standard InChI is InChI=1S/C16H15ClN2O3/c1-11-13-10-12(17)4-5-14(13)22-15(11)16(20)21-9-3-8-19-7-2-6-18-19/h2,4-7,10H,3,8-9H2,1H3. The Labute approximate surface area is 132 Å². The zero-order valence-corrected chi connectivity index (χ0v) is 12.8. The molecule has 0 unspecified atom stereocenters. The number of nitrogens with zero attached hydrogens (tertiary/aromatic N) is 2. The highest BCUT2D eigenvalue weighted by atomic mass is 35.5. The van der Waals surface area contributed by atoms with Crippen molar-refractivity contribution < 1.29 is 13.9 Å². The summed E-state index contributed by atoms with van der Waals surface area (Å²) >= 11 is 5.96. The van der Waals surface area contributed by atoms with E-state index in [9.17, 15) is 4.79 Å². The third kappa shape index (κ3) is 2.99. The van der Waals surface area contributed by atoms with Crippen molar-refractivity contribution in [1.82, 2.24) is 9.78 Å². The number of hydrogen-bond acceptors (Lipinski definition) is 4. The Morgan fingerprint density at radius 2 is 2.32 bits per heavy atom. The van der Waals surface area contributed by atoms with Gasteiger partial charge in [0.2, 0.25) is 5.76 Å². The van der Waals surface area contributed by atoms with Gasteiger partial charge in [0, 0.05) is 41.3 Å². The van der Waals surface area contributed by atoms with Crippen molar-refractivity contribution in [2.75, 3.05) is 6.61 Å². The van der Waals surface area contributed by atoms with Crippen LogP contribution in [0, 0.1) is 6.92 Å². The molecule has 0 aliphatic carbocycles. The van der Waals surface area contributed by atoms with Crippen LogP contribution in [0.5, 0.6) is 0 Å². The van der Waals surface area contributed by atoms with Gasteiger partial charge in [0.15, 0.2) is 0 Å². The molecule has 2 aromatic heterocycles. The second kappa shape index (κ2) is 6.23. The molecule has 0 fully saturated rings. The summed E-state index contributed by atoms with van der Waals surface area (Å²) < 4.78 is 12.6. The van der Waals surface area contributed by atoms with E-state index in [4.69, 9.17) is 20.8 Å². The average Bonchev–Trinajstić information content (AvgIpc) is 3.12. The van der Waals surface area contributed by atoms with Crippen LogP contribution in [0.3, 0.4) is 0 Å². The number of carbonyl (C=O) groups is 1. The average molecular weight is 319 g/mol. The molecule has 2 heterocycles. The first-order valence-electron chi connectivity index (χ1n) is 6.98. The maximum absolute atomic E-state index is 12.1. The molecule has 0 saturated carbocycles. The number of aryl methyl sites for hydroxylation is 2. The molecule has 0 N–H and O–H groups in total. The molecule has 0 radical (unpaired) electrons. The van der Waals surface area contributed by atoms with Crippen LogP contribution in [0.1, 0.15) is 22.5 Å². The number of furan rings is 1. The van der Waals surface area contributed by atoms with Crippen LogP contribution in [0.2, 0.25) is 5.02 Å². The van der Waals surface area contributed by atoms with Crippen molar-refractivity contribution >= 4 is 28.5 Å². The van der Waals surface area contributed by atoms with Crippen LogP contribution >= 0.6 is 11.6 Å². The molecule has 0 saturated heterocycles. The Bertz CT molecular complexity index is 793. The molecule has 5 nitrogen and oxygen atoms in total. The van der Waals surface area contributed by atoms with E-state index in [1.54, 1.807) is 29.1 Å². The van der Waals surface area contributed by atoms with Crippen LogP contribution < -0.4 is 0 Å². The minimum atomic E-state index is -0.453. The van der Waals surface area contributed by atoms with Gasteiger partial charge in [-0.25, -0.2) is 4.79 Å². The first kappa shape index (κ1) is 14.7. The van der Waals surface area contributed by atoms with Gasteiger partial charge in [0.05, 0.1) is 6.61 Å². The molecule has 0 aliphatic rings. The number of hydrogen-bond donors (Lipinski definition) is 0. The highest BCUT2D eigenvalue weighted by molar-refractivity contribution is 6.31. The number of benzene rings is 1. The summed E-state index contributed by atoms with van der Waals surface area (Å²) in [4.78, 5) is 12.1. The van der Waals surface area contributed by atoms with Crippen LogP contribution in [0.25, 0.3) is 11.0 Å². The van der Waals surface area contributed by atoms with E-state index < -0.39 is 5.97 Å². The predicted molar refractivity (Wildman–Crippen MR) is 83.1 cm³/mol. The summed E-state index contributed by atoms with van der Waals surface area (Å²) in [5.41, 5.74) is 1.37. The Morgan fingerprint density at radius 1 is 1.45 bits per heavy atom. The summed E-state index contributed by atoms with van der Waals surface area (Å²) in [5, 5.41) is 5.52. The monoisotopic (exact) mass is 318 g/mol. The predicted octanol–water partition coefficient (Wildman–Crippen LogP) is 3.84. The van der Waals surface area contributed by atoms with E-state index in [2.05, 4.69) is 5.10 Å². The second-order valence-electron chi connectivity index (χ2n) is 4.96. The highest BCUT2D eigenvalue weighted by Gasteiger charge is 2.19. The van der Waals surface area contributed by atoms with Gasteiger partial charge < -0.3 is 9.15 Å². The molecule has 0 bridgehead atoms. The molecule has 114 valence electrons. The summed E-state index contributed by atoms with van der Waals surface area (Å²) in [6.45, 7) is 2.84. The van der Waals surface area contributed by atoms with Crippen LogP contribution in [-0.4, -0.2) is 22.4 Å². The fraction of sp³-hybridized carbons (Fsp3) is 0.250. The van der Waals surface area contributed by atoms with Crippen molar-refractivity contribution in [3.8, 4) is 0 Å². The maximum Gasteiger partial charge on any atom is 0.374 e. The Balaban J connectivity index is 1.63. The lowest BCUT2D eigenvalue weighted by Gasteiger charge is -2.04. The molecule has 0 spiro atoms. The molecule has 3 rings (SSSR count). The molecular weight excluding hydrogens is 304 g/mol. The van der Waals surface area contributed by atoms with Gasteiger partial charge in [-0.05, 0) is 31.2 Å². The lowest BCUT2D eigenvalue weighted by Crippen LogP contribution is -2.09. The van der Waals surface area contributed by atoms with E-state index in [1.807, 2.05) is 19.2 Å². The minimum Gasteiger partial charge on any atom is -0.460 e. The SMILES string of the molecule is Cc1c(C(=O)OCCCn2cccn2)oc2ccc(Cl)cc12. The highest BCUT2D eigenvalue weighted by Crippen LogP contribution is 2.28. The molecule has 6 heteroatoms. The molecule has 22 heavy (non-hydrogen) atoms. The molecule has 3 aromatic rings. The fourth-order valence-corrected chi connectivity index (χ4v) is 2.45. The molecule has 0 aliphatic heterocycles. The van der Waals surface area contributed by atoms with Gasteiger partial charge in [0.1, 0.15) is 5.58 Å². The van der Waals surface area contributed by atoms with E-state index in [1.165, 1.54) is 0 Å². The third-order valence-corrected chi connectivity index (χ3v) is 3.64. The van der Waals surface area contributed by atoms with Crippen molar-refractivity contribution in [3.05, 3.63) is 53.0 Å². The zero-order chi connectivity index (χ0) is 15.5. The Morgan fingerprint density at radius 3 is 3.09 bits per heavy atom. The van der Waals surface area contributed by atoms with Gasteiger partial charge >= 0.3 is 5.97 Å². The van der Waals surface area contributed by atoms with E-state index in [-0.39, 0.29) is 5.76 Å². The van der Waals surface area contributed by atoms with Gasteiger partial charge in [0.25, 0.3) is 0 Å². The summed E-state index contributed by atoms with van der Waals surface area (Å²) in [7, 11) is 0. The molecule has 0 atom stereocenters. The van der Waals surface area contributed by atoms with Crippen molar-refractivity contribution in [2.24, 2.45) is 0 Å². The maximum atomic E-state index is 12.1. The van der Waals surface area contributed by atoms with E-state index in [0.717, 1.165) is 10.9 Å². The Hall–Kier alpha value is -2.27. The minimum absolute atomic E-state index is 0.233. The lowest BCUT2D eigenvalue weighted by molar-refractivity contribution is 0.0460. The van der Waals surface area contributed by atoms with Crippen molar-refractivity contribution in [3.63, 3.8) is 0 Å². The van der Waals surface area contributed by atoms with Crippen LogP contribution in [0.4, 0.5) is 0 Å². The van der Waals surface area contributed by atoms with Crippen LogP contribution in [-0.2, 0) is 11.3 Å². The van der Waals surface area contributed by atoms with Crippen LogP contribution in [0.15, 0.2) is 41.1 Å². The summed E-state index contributed by atoms with van der Waals surface area (Å²) in [6.07, 6.45) is 4.28. The van der Waals surface area contributed by atoms with Gasteiger partial charge in [-0.1, -0.05) is 11.6 Å². The smallest absolute Gasteiger partial charge is 0.374 e. The van der Waals surface area contributed by atoms with Crippen molar-refractivity contribution in [2.45, 2.75) is 19.9 Å². The fourth-order valence-electron chi connectivity index (χ4n) is 2.28. The van der Waals surface area contributed by atoms with E-state index >= 15 is 0 Å². The largest absolute Gasteiger partial charge is 0.460 e. The number of ether oxygens (including phenoxy) is 1. The molecule has 1 aromatic carbocycles. The van der Waals surface area contributed by atoms with E-state index in [0.29, 0.717) is 30.2 Å². The topological polar surface area (TPSA) is 57.3 Å². The molecular formula is C16H15ClN2O3. The number of esters is 1. The van der Waals surface area contributed by atoms with Gasteiger partial charge in [-0.15, -0.1) is 0 Å². The number of fused-ring (bicyclic) bond motifs is 1. The summed E-state index contributed by atoms with van der Waals surface area (Å²) in [5.74, 6) is -0.221. The number of aromatic nitrogens is 2. The third-order valence-electron chi connectivity index (χ3n) is 3.41. The molecule has 0 amide bonds. The first-order valence-corrected chi connectivity index (χ1v) is 7.36. The number of halogens is 1. The van der Waals surface area contributed by atoms with Gasteiger partial charge in [-0.2, -0.15) is 5.10 Å². The zero-order valence-electron chi connectivity index (χ0n) is 12.1. The lowest BCUT2D eigenvalue weighted by atomic mass is 10.1. The Kier molecular flexibility index (Phi) is 4.15. The number of rotatable bonds is 5. The second-order valence-corrected chi connectivity index (χ2v) is 5.39.